The van der Waals surface area contributed by atoms with Crippen molar-refractivity contribution in [1.29, 1.82) is 5.26 Å². The van der Waals surface area contributed by atoms with E-state index in [1.807, 2.05) is 6.07 Å². The summed E-state index contributed by atoms with van der Waals surface area (Å²) in [4.78, 5) is 0. The molecule has 0 bridgehead atoms. The lowest BCUT2D eigenvalue weighted by atomic mass is 10.2. The van der Waals surface area contributed by atoms with Crippen molar-refractivity contribution in [3.05, 3.63) is 52.8 Å². The highest BCUT2D eigenvalue weighted by atomic mass is 35.5. The van der Waals surface area contributed by atoms with E-state index in [2.05, 4.69) is 0 Å². The number of nitrogens with zero attached hydrogens (tertiary/aromatic N) is 1. The lowest BCUT2D eigenvalue weighted by molar-refractivity contribution is 0.443. The highest BCUT2D eigenvalue weighted by Crippen LogP contribution is 2.31. The van der Waals surface area contributed by atoms with Crippen molar-refractivity contribution >= 4 is 17.3 Å². The fourth-order valence-electron chi connectivity index (χ4n) is 1.37. The Balaban J connectivity index is 2.32. The van der Waals surface area contributed by atoms with Crippen LogP contribution in [0.5, 0.6) is 11.5 Å². The number of halogens is 2. The summed E-state index contributed by atoms with van der Waals surface area (Å²) in [5.74, 6) is -0.273. The van der Waals surface area contributed by atoms with Crippen molar-refractivity contribution in [2.45, 2.75) is 0 Å². The number of benzene rings is 2. The first-order valence-corrected chi connectivity index (χ1v) is 5.40. The largest absolute Gasteiger partial charge is 0.453 e. The lowest BCUT2D eigenvalue weighted by Crippen LogP contribution is -1.92. The second-order valence-corrected chi connectivity index (χ2v) is 3.96. The summed E-state index contributed by atoms with van der Waals surface area (Å²) in [6, 6.07) is 10.5. The number of nitrogen functional groups attached to an aromatic ring is 1. The second-order valence-electron chi connectivity index (χ2n) is 3.55. The van der Waals surface area contributed by atoms with Gasteiger partial charge in [0.2, 0.25) is 0 Å². The molecule has 0 unspecified atom stereocenters. The fraction of sp³-hybridized carbons (Fsp3) is 0. The monoisotopic (exact) mass is 262 g/mol. The van der Waals surface area contributed by atoms with Gasteiger partial charge in [0.1, 0.15) is 5.75 Å². The zero-order valence-electron chi connectivity index (χ0n) is 9.15. The topological polar surface area (TPSA) is 59.0 Å². The summed E-state index contributed by atoms with van der Waals surface area (Å²) in [6.07, 6.45) is 0. The molecule has 2 rings (SSSR count). The smallest absolute Gasteiger partial charge is 0.167 e. The summed E-state index contributed by atoms with van der Waals surface area (Å²) in [5.41, 5.74) is 6.15. The summed E-state index contributed by atoms with van der Waals surface area (Å²) in [7, 11) is 0. The van der Waals surface area contributed by atoms with Gasteiger partial charge in [-0.2, -0.15) is 5.26 Å². The molecule has 3 nitrogen and oxygen atoms in total. The molecule has 0 aliphatic heterocycles. The summed E-state index contributed by atoms with van der Waals surface area (Å²) in [6.45, 7) is 0. The van der Waals surface area contributed by atoms with Crippen LogP contribution in [0.1, 0.15) is 5.56 Å². The zero-order valence-corrected chi connectivity index (χ0v) is 9.91. The molecule has 0 saturated carbocycles. The number of nitrogens with two attached hydrogens (primary N) is 1. The molecule has 2 aromatic carbocycles. The first-order chi connectivity index (χ1) is 8.60. The Kier molecular flexibility index (Phi) is 3.35. The van der Waals surface area contributed by atoms with Crippen LogP contribution < -0.4 is 10.5 Å². The van der Waals surface area contributed by atoms with Crippen LogP contribution in [0.4, 0.5) is 10.1 Å². The molecule has 18 heavy (non-hydrogen) atoms. The van der Waals surface area contributed by atoms with Crippen LogP contribution >= 0.6 is 11.6 Å². The van der Waals surface area contributed by atoms with Gasteiger partial charge < -0.3 is 10.5 Å². The van der Waals surface area contributed by atoms with Crippen molar-refractivity contribution < 1.29 is 9.13 Å². The summed E-state index contributed by atoms with van der Waals surface area (Å²) >= 11 is 5.92. The molecule has 0 amide bonds. The highest BCUT2D eigenvalue weighted by molar-refractivity contribution is 6.32. The molecule has 2 N–H and O–H groups in total. The first-order valence-electron chi connectivity index (χ1n) is 5.02. The normalized spacial score (nSPS) is 9.83. The minimum Gasteiger partial charge on any atom is -0.453 e. The van der Waals surface area contributed by atoms with Crippen molar-refractivity contribution in [2.75, 3.05) is 5.73 Å². The standard InChI is InChI=1S/C13H8ClFN2O/c14-10-5-8(7-16)1-3-12(10)18-13-4-2-9(17)6-11(13)15/h1-6H,17H2. The van der Waals surface area contributed by atoms with Gasteiger partial charge in [-0.1, -0.05) is 11.6 Å². The van der Waals surface area contributed by atoms with E-state index in [1.54, 1.807) is 0 Å². The molecule has 0 atom stereocenters. The van der Waals surface area contributed by atoms with E-state index in [-0.39, 0.29) is 16.5 Å². The third kappa shape index (κ3) is 2.53. The van der Waals surface area contributed by atoms with E-state index in [9.17, 15) is 4.39 Å². The number of hydrogen-bond acceptors (Lipinski definition) is 3. The van der Waals surface area contributed by atoms with Crippen LogP contribution in [0, 0.1) is 17.1 Å². The average molecular weight is 263 g/mol. The first kappa shape index (κ1) is 12.2. The van der Waals surface area contributed by atoms with Crippen LogP contribution in [0.15, 0.2) is 36.4 Å². The van der Waals surface area contributed by atoms with Crippen molar-refractivity contribution in [3.8, 4) is 17.6 Å². The molecule has 0 saturated heterocycles. The van der Waals surface area contributed by atoms with Gasteiger partial charge in [0.05, 0.1) is 16.7 Å². The number of anilines is 1. The van der Waals surface area contributed by atoms with Gasteiger partial charge in [-0.05, 0) is 30.3 Å². The van der Waals surface area contributed by atoms with Crippen molar-refractivity contribution in [3.63, 3.8) is 0 Å². The van der Waals surface area contributed by atoms with Crippen LogP contribution in [-0.4, -0.2) is 0 Å². The summed E-state index contributed by atoms with van der Waals surface area (Å²) in [5, 5.41) is 8.93. The molecular formula is C13H8ClFN2O. The highest BCUT2D eigenvalue weighted by Gasteiger charge is 2.08. The van der Waals surface area contributed by atoms with E-state index < -0.39 is 5.82 Å². The Bertz CT molecular complexity index is 637. The molecule has 0 heterocycles. The molecule has 0 aliphatic carbocycles. The Morgan fingerprint density at radius 3 is 2.50 bits per heavy atom. The van der Waals surface area contributed by atoms with Gasteiger partial charge in [0, 0.05) is 11.8 Å². The Hall–Kier alpha value is -2.25. The third-order valence-electron chi connectivity index (χ3n) is 2.24. The molecule has 5 heteroatoms. The maximum Gasteiger partial charge on any atom is 0.167 e. The average Bonchev–Trinajstić information content (AvgIpc) is 2.34. The lowest BCUT2D eigenvalue weighted by Gasteiger charge is -2.08. The van der Waals surface area contributed by atoms with Gasteiger partial charge >= 0.3 is 0 Å². The van der Waals surface area contributed by atoms with Crippen LogP contribution in [0.2, 0.25) is 5.02 Å². The molecule has 2 aromatic rings. The van der Waals surface area contributed by atoms with Crippen LogP contribution in [-0.2, 0) is 0 Å². The predicted octanol–water partition coefficient (Wildman–Crippen LogP) is 3.73. The minimum absolute atomic E-state index is 0.0239. The molecule has 0 spiro atoms. The molecule has 0 radical (unpaired) electrons. The maximum atomic E-state index is 13.5. The Labute approximate surface area is 108 Å². The fourth-order valence-corrected chi connectivity index (χ4v) is 1.59. The Morgan fingerprint density at radius 2 is 1.89 bits per heavy atom. The molecular weight excluding hydrogens is 255 g/mol. The minimum atomic E-state index is -0.574. The molecule has 0 fully saturated rings. The van der Waals surface area contributed by atoms with Gasteiger partial charge in [-0.25, -0.2) is 4.39 Å². The predicted molar refractivity (Wildman–Crippen MR) is 67.1 cm³/mol. The van der Waals surface area contributed by atoms with Crippen LogP contribution in [0.3, 0.4) is 0 Å². The van der Waals surface area contributed by atoms with E-state index >= 15 is 0 Å². The number of nitriles is 1. The van der Waals surface area contributed by atoms with Crippen molar-refractivity contribution in [1.82, 2.24) is 0 Å². The third-order valence-corrected chi connectivity index (χ3v) is 2.53. The number of rotatable bonds is 2. The second kappa shape index (κ2) is 4.94. The van der Waals surface area contributed by atoms with E-state index in [0.29, 0.717) is 11.3 Å². The van der Waals surface area contributed by atoms with E-state index in [1.165, 1.54) is 30.3 Å². The maximum absolute atomic E-state index is 13.5. The number of ether oxygens (including phenoxy) is 1. The SMILES string of the molecule is N#Cc1ccc(Oc2ccc(N)cc2F)c(Cl)c1. The van der Waals surface area contributed by atoms with Gasteiger partial charge in [0.15, 0.2) is 11.6 Å². The van der Waals surface area contributed by atoms with E-state index in [0.717, 1.165) is 6.07 Å². The van der Waals surface area contributed by atoms with Gasteiger partial charge in [-0.3, -0.25) is 0 Å². The summed E-state index contributed by atoms with van der Waals surface area (Å²) < 4.78 is 18.8. The zero-order chi connectivity index (χ0) is 13.1. The molecule has 0 aliphatic rings. The Morgan fingerprint density at radius 1 is 1.17 bits per heavy atom. The van der Waals surface area contributed by atoms with Gasteiger partial charge in [-0.15, -0.1) is 0 Å². The molecule has 90 valence electrons. The quantitative estimate of drug-likeness (QED) is 0.839. The van der Waals surface area contributed by atoms with Crippen molar-refractivity contribution in [2.24, 2.45) is 0 Å². The van der Waals surface area contributed by atoms with E-state index in [4.69, 9.17) is 27.3 Å². The van der Waals surface area contributed by atoms with Gasteiger partial charge in [0.25, 0.3) is 0 Å². The molecule has 0 aromatic heterocycles. The van der Waals surface area contributed by atoms with Crippen LogP contribution in [0.25, 0.3) is 0 Å². The number of hydrogen-bond donors (Lipinski definition) is 1.